The molecule has 0 bridgehead atoms. The standard InChI is InChI=1S/C19H22N2O/c1-14(21-13-18(21)16-5-3-2-4-6-16)7-8-15-9-11-17(12-10-15)19(20)22/h2-6,9-12,14,18H,7-8,13H2,1H3,(H2,20,22)/t14-,18-,21?/m1/s1. The Morgan fingerprint density at radius 1 is 1.18 bits per heavy atom. The summed E-state index contributed by atoms with van der Waals surface area (Å²) < 4.78 is 0. The van der Waals surface area contributed by atoms with Gasteiger partial charge in [-0.3, -0.25) is 9.69 Å². The van der Waals surface area contributed by atoms with Crippen LogP contribution in [-0.2, 0) is 6.42 Å². The van der Waals surface area contributed by atoms with Crippen LogP contribution >= 0.6 is 0 Å². The lowest BCUT2D eigenvalue weighted by Crippen LogP contribution is -2.16. The molecule has 0 saturated carbocycles. The van der Waals surface area contributed by atoms with Crippen molar-refractivity contribution in [2.45, 2.75) is 31.8 Å². The predicted octanol–water partition coefficient (Wildman–Crippen LogP) is 3.16. The molecule has 1 aliphatic rings. The summed E-state index contributed by atoms with van der Waals surface area (Å²) in [5, 5.41) is 0. The molecule has 0 radical (unpaired) electrons. The Morgan fingerprint density at radius 2 is 1.86 bits per heavy atom. The number of hydrogen-bond donors (Lipinski definition) is 1. The normalized spacial score (nSPS) is 21.3. The summed E-state index contributed by atoms with van der Waals surface area (Å²) in [7, 11) is 0. The Bertz CT molecular complexity index is 636. The highest BCUT2D eigenvalue weighted by Gasteiger charge is 2.38. The second-order valence-electron chi connectivity index (χ2n) is 6.07. The zero-order valence-corrected chi connectivity index (χ0v) is 12.9. The van der Waals surface area contributed by atoms with Crippen molar-refractivity contribution < 1.29 is 4.79 Å². The molecule has 3 heteroatoms. The number of nitrogens with zero attached hydrogens (tertiary/aromatic N) is 1. The van der Waals surface area contributed by atoms with E-state index in [9.17, 15) is 4.79 Å². The first-order chi connectivity index (χ1) is 10.6. The summed E-state index contributed by atoms with van der Waals surface area (Å²) in [6.07, 6.45) is 2.15. The number of amides is 1. The first-order valence-electron chi connectivity index (χ1n) is 7.84. The van der Waals surface area contributed by atoms with E-state index in [1.165, 1.54) is 11.1 Å². The number of benzene rings is 2. The summed E-state index contributed by atoms with van der Waals surface area (Å²) in [6.45, 7) is 3.45. The van der Waals surface area contributed by atoms with E-state index in [2.05, 4.69) is 42.2 Å². The molecule has 0 aromatic heterocycles. The first-order valence-corrected chi connectivity index (χ1v) is 7.84. The monoisotopic (exact) mass is 294 g/mol. The molecule has 114 valence electrons. The average molecular weight is 294 g/mol. The number of primary amides is 1. The number of rotatable bonds is 6. The average Bonchev–Trinajstić information content (AvgIpc) is 3.34. The van der Waals surface area contributed by atoms with Crippen LogP contribution in [0.5, 0.6) is 0 Å². The van der Waals surface area contributed by atoms with Gasteiger partial charge in [0.15, 0.2) is 0 Å². The quantitative estimate of drug-likeness (QED) is 0.832. The van der Waals surface area contributed by atoms with Gasteiger partial charge in [-0.15, -0.1) is 0 Å². The smallest absolute Gasteiger partial charge is 0.248 e. The molecule has 3 nitrogen and oxygen atoms in total. The molecule has 3 rings (SSSR count). The van der Waals surface area contributed by atoms with Crippen LogP contribution in [-0.4, -0.2) is 23.4 Å². The molecule has 1 aliphatic heterocycles. The van der Waals surface area contributed by atoms with Crippen molar-refractivity contribution in [1.82, 2.24) is 4.90 Å². The van der Waals surface area contributed by atoms with Crippen LogP contribution in [0.4, 0.5) is 0 Å². The maximum atomic E-state index is 11.1. The molecule has 1 unspecified atom stereocenters. The van der Waals surface area contributed by atoms with E-state index in [1.54, 1.807) is 0 Å². The van der Waals surface area contributed by atoms with Gasteiger partial charge in [0.05, 0.1) is 0 Å². The highest BCUT2D eigenvalue weighted by Crippen LogP contribution is 2.37. The maximum Gasteiger partial charge on any atom is 0.248 e. The Kier molecular flexibility index (Phi) is 4.25. The zero-order chi connectivity index (χ0) is 15.5. The molecule has 22 heavy (non-hydrogen) atoms. The summed E-state index contributed by atoms with van der Waals surface area (Å²) >= 11 is 0. The van der Waals surface area contributed by atoms with Crippen LogP contribution in [0.2, 0.25) is 0 Å². The minimum absolute atomic E-state index is 0.366. The second kappa shape index (κ2) is 6.32. The Morgan fingerprint density at radius 3 is 2.50 bits per heavy atom. The van der Waals surface area contributed by atoms with Crippen LogP contribution in [0, 0.1) is 0 Å². The van der Waals surface area contributed by atoms with Gasteiger partial charge >= 0.3 is 0 Å². The number of carbonyl (C=O) groups excluding carboxylic acids is 1. The first kappa shape index (κ1) is 14.8. The van der Waals surface area contributed by atoms with Gasteiger partial charge in [0.2, 0.25) is 5.91 Å². The van der Waals surface area contributed by atoms with Gasteiger partial charge in [-0.2, -0.15) is 0 Å². The highest BCUT2D eigenvalue weighted by molar-refractivity contribution is 5.92. The molecule has 0 spiro atoms. The van der Waals surface area contributed by atoms with Crippen molar-refractivity contribution in [3.8, 4) is 0 Å². The van der Waals surface area contributed by atoms with Gasteiger partial charge in [0.1, 0.15) is 0 Å². The molecule has 0 aliphatic carbocycles. The minimum Gasteiger partial charge on any atom is -0.366 e. The molecular formula is C19H22N2O. The van der Waals surface area contributed by atoms with Crippen molar-refractivity contribution in [2.24, 2.45) is 5.73 Å². The van der Waals surface area contributed by atoms with Gasteiger partial charge in [0.25, 0.3) is 0 Å². The molecule has 1 amide bonds. The number of nitrogens with two attached hydrogens (primary N) is 1. The Labute approximate surface area is 131 Å². The van der Waals surface area contributed by atoms with Crippen molar-refractivity contribution in [2.75, 3.05) is 6.54 Å². The summed E-state index contributed by atoms with van der Waals surface area (Å²) in [5.41, 5.74) is 8.51. The molecule has 2 N–H and O–H groups in total. The fraction of sp³-hybridized carbons (Fsp3) is 0.316. The largest absolute Gasteiger partial charge is 0.366 e. The van der Waals surface area contributed by atoms with E-state index in [0.29, 0.717) is 17.6 Å². The number of hydrogen-bond acceptors (Lipinski definition) is 2. The molecule has 2 aromatic carbocycles. The third-order valence-corrected chi connectivity index (χ3v) is 4.49. The van der Waals surface area contributed by atoms with Crippen LogP contribution in [0.15, 0.2) is 54.6 Å². The van der Waals surface area contributed by atoms with E-state index in [-0.39, 0.29) is 5.91 Å². The lowest BCUT2D eigenvalue weighted by atomic mass is 10.0. The SMILES string of the molecule is C[C@H](CCc1ccc(C(N)=O)cc1)N1C[C@@H]1c1ccccc1. The zero-order valence-electron chi connectivity index (χ0n) is 12.9. The van der Waals surface area contributed by atoms with E-state index in [1.807, 2.05) is 24.3 Å². The molecular weight excluding hydrogens is 272 g/mol. The predicted molar refractivity (Wildman–Crippen MR) is 88.6 cm³/mol. The van der Waals surface area contributed by atoms with Crippen LogP contribution in [0.3, 0.4) is 0 Å². The lowest BCUT2D eigenvalue weighted by molar-refractivity contribution is 0.100. The van der Waals surface area contributed by atoms with Crippen LogP contribution in [0.1, 0.15) is 40.9 Å². The van der Waals surface area contributed by atoms with E-state index >= 15 is 0 Å². The van der Waals surface area contributed by atoms with Crippen molar-refractivity contribution in [1.29, 1.82) is 0 Å². The molecule has 1 fully saturated rings. The third kappa shape index (κ3) is 3.37. The molecule has 1 saturated heterocycles. The Balaban J connectivity index is 1.51. The maximum absolute atomic E-state index is 11.1. The van der Waals surface area contributed by atoms with E-state index in [4.69, 9.17) is 5.73 Å². The molecule has 1 heterocycles. The van der Waals surface area contributed by atoms with E-state index < -0.39 is 0 Å². The lowest BCUT2D eigenvalue weighted by Gasteiger charge is -2.14. The van der Waals surface area contributed by atoms with Crippen molar-refractivity contribution in [3.63, 3.8) is 0 Å². The van der Waals surface area contributed by atoms with Gasteiger partial charge in [0, 0.05) is 24.2 Å². The molecule has 3 atom stereocenters. The van der Waals surface area contributed by atoms with Gasteiger partial charge in [-0.25, -0.2) is 0 Å². The van der Waals surface area contributed by atoms with Gasteiger partial charge < -0.3 is 5.73 Å². The van der Waals surface area contributed by atoms with Crippen molar-refractivity contribution in [3.05, 3.63) is 71.3 Å². The molecule has 2 aromatic rings. The number of carbonyl (C=O) groups is 1. The summed E-state index contributed by atoms with van der Waals surface area (Å²) in [5.74, 6) is -0.366. The van der Waals surface area contributed by atoms with Crippen LogP contribution < -0.4 is 5.73 Å². The summed E-state index contributed by atoms with van der Waals surface area (Å²) in [4.78, 5) is 13.6. The fourth-order valence-corrected chi connectivity index (χ4v) is 2.99. The van der Waals surface area contributed by atoms with E-state index in [0.717, 1.165) is 19.4 Å². The number of aryl methyl sites for hydroxylation is 1. The fourth-order valence-electron chi connectivity index (χ4n) is 2.99. The topological polar surface area (TPSA) is 46.1 Å². The van der Waals surface area contributed by atoms with Crippen molar-refractivity contribution >= 4 is 5.91 Å². The second-order valence-corrected chi connectivity index (χ2v) is 6.07. The Hall–Kier alpha value is -2.13. The summed E-state index contributed by atoms with van der Waals surface area (Å²) in [6, 6.07) is 19.5. The van der Waals surface area contributed by atoms with Gasteiger partial charge in [-0.1, -0.05) is 42.5 Å². The van der Waals surface area contributed by atoms with Crippen LogP contribution in [0.25, 0.3) is 0 Å². The minimum atomic E-state index is -0.366. The van der Waals surface area contributed by atoms with Gasteiger partial charge in [-0.05, 0) is 43.0 Å². The third-order valence-electron chi connectivity index (χ3n) is 4.49. The highest BCUT2D eigenvalue weighted by atomic mass is 16.1.